The van der Waals surface area contributed by atoms with Crippen molar-refractivity contribution in [2.24, 2.45) is 0 Å². The zero-order valence-corrected chi connectivity index (χ0v) is 9.54. The third kappa shape index (κ3) is 2.35. The first kappa shape index (κ1) is 11.7. The molecule has 0 fully saturated rings. The first-order valence-electron chi connectivity index (χ1n) is 4.05. The quantitative estimate of drug-likeness (QED) is 0.828. The Balaban J connectivity index is 3.40. The Morgan fingerprint density at radius 3 is 2.80 bits per heavy atom. The van der Waals surface area contributed by atoms with E-state index >= 15 is 0 Å². The van der Waals surface area contributed by atoms with E-state index in [0.29, 0.717) is 10.0 Å². The Hall–Kier alpha value is -1.38. The summed E-state index contributed by atoms with van der Waals surface area (Å²) in [4.78, 5) is 11.3. The number of halogens is 1. The maximum atomic E-state index is 11.3. The molecule has 0 radical (unpaired) electrons. The summed E-state index contributed by atoms with van der Waals surface area (Å²) < 4.78 is 5.01. The smallest absolute Gasteiger partial charge is 0.339 e. The molecular formula is C10H8BrNO3. The SMILES string of the molecule is COC(=O)c1cc(CO)cc(Br)c1C#N. The number of aliphatic hydroxyl groups is 1. The van der Waals surface area contributed by atoms with Crippen molar-refractivity contribution in [3.63, 3.8) is 0 Å². The molecule has 0 aliphatic carbocycles. The fourth-order valence-electron chi connectivity index (χ4n) is 1.14. The lowest BCUT2D eigenvalue weighted by molar-refractivity contribution is 0.0600. The molecule has 1 N–H and O–H groups in total. The van der Waals surface area contributed by atoms with Gasteiger partial charge in [0, 0.05) is 4.47 Å². The number of aliphatic hydroxyl groups excluding tert-OH is 1. The highest BCUT2D eigenvalue weighted by Crippen LogP contribution is 2.23. The van der Waals surface area contributed by atoms with Crippen LogP contribution in [-0.4, -0.2) is 18.2 Å². The fraction of sp³-hybridized carbons (Fsp3) is 0.200. The van der Waals surface area contributed by atoms with Crippen LogP contribution in [-0.2, 0) is 11.3 Å². The van der Waals surface area contributed by atoms with Gasteiger partial charge in [0.2, 0.25) is 0 Å². The Bertz CT molecular complexity index is 437. The Morgan fingerprint density at radius 2 is 2.33 bits per heavy atom. The van der Waals surface area contributed by atoms with Gasteiger partial charge < -0.3 is 9.84 Å². The van der Waals surface area contributed by atoms with Gasteiger partial charge in [-0.2, -0.15) is 5.26 Å². The van der Waals surface area contributed by atoms with E-state index in [0.717, 1.165) is 0 Å². The molecule has 0 aliphatic rings. The number of carbonyl (C=O) groups excluding carboxylic acids is 1. The van der Waals surface area contributed by atoms with Crippen molar-refractivity contribution in [1.82, 2.24) is 0 Å². The number of carbonyl (C=O) groups is 1. The summed E-state index contributed by atoms with van der Waals surface area (Å²) in [5.74, 6) is -0.595. The number of esters is 1. The first-order chi connectivity index (χ1) is 7.13. The first-order valence-corrected chi connectivity index (χ1v) is 4.85. The Labute approximate surface area is 95.2 Å². The molecule has 0 heterocycles. The standard InChI is InChI=1S/C10H8BrNO3/c1-15-10(14)7-2-6(5-13)3-9(11)8(7)4-12/h2-3,13H,5H2,1H3. The summed E-state index contributed by atoms with van der Waals surface area (Å²) >= 11 is 3.16. The van der Waals surface area contributed by atoms with Crippen LogP contribution in [0.25, 0.3) is 0 Å². The van der Waals surface area contributed by atoms with E-state index in [2.05, 4.69) is 20.7 Å². The molecule has 0 saturated heterocycles. The van der Waals surface area contributed by atoms with Gasteiger partial charge >= 0.3 is 5.97 Å². The van der Waals surface area contributed by atoms with Gasteiger partial charge in [-0.3, -0.25) is 0 Å². The van der Waals surface area contributed by atoms with Gasteiger partial charge in [0.25, 0.3) is 0 Å². The number of nitrogens with zero attached hydrogens (tertiary/aromatic N) is 1. The Morgan fingerprint density at radius 1 is 1.67 bits per heavy atom. The van der Waals surface area contributed by atoms with E-state index in [1.165, 1.54) is 13.2 Å². The lowest BCUT2D eigenvalue weighted by Crippen LogP contribution is -2.06. The molecule has 0 atom stereocenters. The van der Waals surface area contributed by atoms with E-state index < -0.39 is 5.97 Å². The molecule has 1 rings (SSSR count). The normalized spacial score (nSPS) is 9.47. The number of hydrogen-bond acceptors (Lipinski definition) is 4. The minimum absolute atomic E-state index is 0.151. The van der Waals surface area contributed by atoms with E-state index in [1.54, 1.807) is 6.07 Å². The zero-order valence-electron chi connectivity index (χ0n) is 7.95. The summed E-state index contributed by atoms with van der Waals surface area (Å²) in [6.07, 6.45) is 0. The van der Waals surface area contributed by atoms with Gasteiger partial charge in [0.1, 0.15) is 6.07 Å². The maximum absolute atomic E-state index is 11.3. The van der Waals surface area contributed by atoms with E-state index in [9.17, 15) is 4.79 Å². The van der Waals surface area contributed by atoms with Gasteiger partial charge in [-0.05, 0) is 33.6 Å². The third-order valence-corrected chi connectivity index (χ3v) is 2.48. The van der Waals surface area contributed by atoms with Gasteiger partial charge in [-0.1, -0.05) is 0 Å². The Kier molecular flexibility index (Phi) is 3.83. The van der Waals surface area contributed by atoms with Crippen molar-refractivity contribution >= 4 is 21.9 Å². The topological polar surface area (TPSA) is 70.3 Å². The van der Waals surface area contributed by atoms with Gasteiger partial charge in [-0.15, -0.1) is 0 Å². The minimum Gasteiger partial charge on any atom is -0.465 e. The summed E-state index contributed by atoms with van der Waals surface area (Å²) in [5, 5.41) is 17.8. The predicted octanol–water partition coefficient (Wildman–Crippen LogP) is 1.60. The van der Waals surface area contributed by atoms with E-state index in [-0.39, 0.29) is 17.7 Å². The van der Waals surface area contributed by atoms with Gasteiger partial charge in [-0.25, -0.2) is 4.79 Å². The molecule has 0 amide bonds. The van der Waals surface area contributed by atoms with E-state index in [1.807, 2.05) is 6.07 Å². The minimum atomic E-state index is -0.595. The second-order valence-corrected chi connectivity index (χ2v) is 3.62. The number of rotatable bonds is 2. The highest BCUT2D eigenvalue weighted by atomic mass is 79.9. The molecule has 1 aromatic rings. The predicted molar refractivity (Wildman–Crippen MR) is 56.1 cm³/mol. The van der Waals surface area contributed by atoms with Crippen LogP contribution in [0.3, 0.4) is 0 Å². The van der Waals surface area contributed by atoms with Crippen LogP contribution < -0.4 is 0 Å². The molecule has 0 unspecified atom stereocenters. The molecule has 0 saturated carbocycles. The van der Waals surface area contributed by atoms with E-state index in [4.69, 9.17) is 10.4 Å². The lowest BCUT2D eigenvalue weighted by atomic mass is 10.1. The molecule has 4 nitrogen and oxygen atoms in total. The highest BCUT2D eigenvalue weighted by Gasteiger charge is 2.15. The van der Waals surface area contributed by atoms with Crippen LogP contribution in [0.15, 0.2) is 16.6 Å². The average Bonchev–Trinajstić information content (AvgIpc) is 2.26. The van der Waals surface area contributed by atoms with Crippen LogP contribution in [0, 0.1) is 11.3 Å². The van der Waals surface area contributed by atoms with Crippen LogP contribution in [0.1, 0.15) is 21.5 Å². The van der Waals surface area contributed by atoms with Crippen molar-refractivity contribution in [1.29, 1.82) is 5.26 Å². The fourth-order valence-corrected chi connectivity index (χ4v) is 1.73. The summed E-state index contributed by atoms with van der Waals surface area (Å²) in [7, 11) is 1.24. The molecule has 0 aromatic heterocycles. The third-order valence-electron chi connectivity index (χ3n) is 1.85. The number of ether oxygens (including phenoxy) is 1. The van der Waals surface area contributed by atoms with Crippen molar-refractivity contribution in [2.75, 3.05) is 7.11 Å². The monoisotopic (exact) mass is 269 g/mol. The second kappa shape index (κ2) is 4.91. The molecular weight excluding hydrogens is 262 g/mol. The number of benzene rings is 1. The number of methoxy groups -OCH3 is 1. The second-order valence-electron chi connectivity index (χ2n) is 2.76. The summed E-state index contributed by atoms with van der Waals surface area (Å²) in [5.41, 5.74) is 0.902. The highest BCUT2D eigenvalue weighted by molar-refractivity contribution is 9.10. The summed E-state index contributed by atoms with van der Waals surface area (Å²) in [6, 6.07) is 4.93. The van der Waals surface area contributed by atoms with Crippen molar-refractivity contribution in [3.8, 4) is 6.07 Å². The number of nitriles is 1. The van der Waals surface area contributed by atoms with Crippen LogP contribution >= 0.6 is 15.9 Å². The zero-order chi connectivity index (χ0) is 11.4. The molecule has 15 heavy (non-hydrogen) atoms. The summed E-state index contributed by atoms with van der Waals surface area (Å²) in [6.45, 7) is -0.200. The maximum Gasteiger partial charge on any atom is 0.339 e. The van der Waals surface area contributed by atoms with Crippen LogP contribution in [0.4, 0.5) is 0 Å². The van der Waals surface area contributed by atoms with Crippen LogP contribution in [0.2, 0.25) is 0 Å². The van der Waals surface area contributed by atoms with Crippen LogP contribution in [0.5, 0.6) is 0 Å². The molecule has 0 aliphatic heterocycles. The average molecular weight is 270 g/mol. The largest absolute Gasteiger partial charge is 0.465 e. The molecule has 0 bridgehead atoms. The van der Waals surface area contributed by atoms with Gasteiger partial charge in [0.15, 0.2) is 0 Å². The molecule has 0 spiro atoms. The number of hydrogen-bond donors (Lipinski definition) is 1. The van der Waals surface area contributed by atoms with Gasteiger partial charge in [0.05, 0.1) is 24.8 Å². The molecule has 1 aromatic carbocycles. The lowest BCUT2D eigenvalue weighted by Gasteiger charge is -2.06. The molecule has 5 heteroatoms. The van der Waals surface area contributed by atoms with Crippen molar-refractivity contribution in [2.45, 2.75) is 6.61 Å². The molecule has 78 valence electrons. The van der Waals surface area contributed by atoms with Crippen molar-refractivity contribution < 1.29 is 14.6 Å². The van der Waals surface area contributed by atoms with Crippen molar-refractivity contribution in [3.05, 3.63) is 33.3 Å².